The maximum Gasteiger partial charge on any atom is 0.121 e. The molecule has 3 aromatic carbocycles. The number of hydrogen-bond acceptors (Lipinski definition) is 6. The van der Waals surface area contributed by atoms with Crippen LogP contribution in [0.15, 0.2) is 68.1 Å². The normalized spacial score (nSPS) is 13.4. The average Bonchev–Trinajstić information content (AvgIpc) is 2.72. The molecule has 136 valence electrons. The fraction of sp³-hybridized carbons (Fsp3) is 0.143. The molecule has 0 atom stereocenters. The molecule has 0 aromatic heterocycles. The first-order valence-electron chi connectivity index (χ1n) is 8.46. The van der Waals surface area contributed by atoms with E-state index in [1.807, 2.05) is 12.1 Å². The number of methoxy groups -OCH3 is 3. The van der Waals surface area contributed by atoms with E-state index < -0.39 is 0 Å². The summed E-state index contributed by atoms with van der Waals surface area (Å²) in [6.45, 7) is 0. The van der Waals surface area contributed by atoms with Gasteiger partial charge in [-0.1, -0.05) is 23.5 Å². The van der Waals surface area contributed by atoms with Crippen LogP contribution in [0.3, 0.4) is 0 Å². The van der Waals surface area contributed by atoms with Gasteiger partial charge in [0.15, 0.2) is 0 Å². The summed E-state index contributed by atoms with van der Waals surface area (Å²) < 4.78 is 16.4. The zero-order valence-corrected chi connectivity index (χ0v) is 16.7. The molecule has 5 rings (SSSR count). The standard InChI is InChI=1S/C21H17NO3S2/c1-23-12-4-6-15-17(8-12)26-19-10-14(25-3)11-20-21(19)22(15)16-7-5-13(24-2)9-18(16)27-20/h4-11H,1-3H3. The lowest BCUT2D eigenvalue weighted by molar-refractivity contribution is 0.412. The molecule has 2 aliphatic heterocycles. The fourth-order valence-corrected chi connectivity index (χ4v) is 5.80. The largest absolute Gasteiger partial charge is 0.497 e. The van der Waals surface area contributed by atoms with Crippen LogP contribution in [-0.2, 0) is 0 Å². The summed E-state index contributed by atoms with van der Waals surface area (Å²) in [6.07, 6.45) is 0. The van der Waals surface area contributed by atoms with Crippen molar-refractivity contribution in [2.24, 2.45) is 0 Å². The van der Waals surface area contributed by atoms with Crippen molar-refractivity contribution in [2.75, 3.05) is 26.2 Å². The summed E-state index contributed by atoms with van der Waals surface area (Å²) in [5.41, 5.74) is 3.53. The van der Waals surface area contributed by atoms with Crippen LogP contribution in [0.1, 0.15) is 0 Å². The van der Waals surface area contributed by atoms with Gasteiger partial charge in [-0.15, -0.1) is 0 Å². The van der Waals surface area contributed by atoms with Crippen molar-refractivity contribution in [3.63, 3.8) is 0 Å². The Labute approximate surface area is 166 Å². The minimum Gasteiger partial charge on any atom is -0.497 e. The third-order valence-electron chi connectivity index (χ3n) is 4.73. The second kappa shape index (κ2) is 6.32. The molecule has 0 saturated heterocycles. The second-order valence-corrected chi connectivity index (χ2v) is 8.35. The Morgan fingerprint density at radius 1 is 0.593 bits per heavy atom. The zero-order valence-electron chi connectivity index (χ0n) is 15.1. The molecule has 0 radical (unpaired) electrons. The topological polar surface area (TPSA) is 30.9 Å². The Morgan fingerprint density at radius 3 is 1.48 bits per heavy atom. The number of ether oxygens (including phenoxy) is 3. The Bertz CT molecular complexity index is 989. The quantitative estimate of drug-likeness (QED) is 0.366. The van der Waals surface area contributed by atoms with E-state index >= 15 is 0 Å². The van der Waals surface area contributed by atoms with Gasteiger partial charge in [-0.25, -0.2) is 0 Å². The molecule has 0 N–H and O–H groups in total. The van der Waals surface area contributed by atoms with Crippen molar-refractivity contribution < 1.29 is 14.2 Å². The van der Waals surface area contributed by atoms with E-state index in [1.54, 1.807) is 44.9 Å². The highest BCUT2D eigenvalue weighted by Crippen LogP contribution is 2.61. The van der Waals surface area contributed by atoms with Crippen molar-refractivity contribution in [3.8, 4) is 17.2 Å². The van der Waals surface area contributed by atoms with Crippen molar-refractivity contribution in [2.45, 2.75) is 19.6 Å². The molecule has 2 heterocycles. The molecule has 0 aliphatic carbocycles. The summed E-state index contributed by atoms with van der Waals surface area (Å²) in [6, 6.07) is 16.7. The smallest absolute Gasteiger partial charge is 0.121 e. The summed E-state index contributed by atoms with van der Waals surface area (Å²) in [5, 5.41) is 0. The van der Waals surface area contributed by atoms with E-state index in [9.17, 15) is 0 Å². The number of nitrogens with zero attached hydrogens (tertiary/aromatic N) is 1. The molecule has 4 nitrogen and oxygen atoms in total. The van der Waals surface area contributed by atoms with Gasteiger partial charge in [0.2, 0.25) is 0 Å². The zero-order chi connectivity index (χ0) is 18.5. The molecule has 2 aliphatic rings. The van der Waals surface area contributed by atoms with Gasteiger partial charge in [-0.2, -0.15) is 0 Å². The van der Waals surface area contributed by atoms with Crippen LogP contribution in [-0.4, -0.2) is 21.3 Å². The molecule has 0 bridgehead atoms. The van der Waals surface area contributed by atoms with Crippen LogP contribution in [0.25, 0.3) is 0 Å². The van der Waals surface area contributed by atoms with E-state index in [0.29, 0.717) is 0 Å². The number of fused-ring (bicyclic) bond motifs is 4. The highest BCUT2D eigenvalue weighted by atomic mass is 32.2. The van der Waals surface area contributed by atoms with Gasteiger partial charge in [0.1, 0.15) is 17.2 Å². The molecule has 3 aromatic rings. The number of anilines is 3. The summed E-state index contributed by atoms with van der Waals surface area (Å²) >= 11 is 3.50. The van der Waals surface area contributed by atoms with Crippen LogP contribution >= 0.6 is 23.5 Å². The Morgan fingerprint density at radius 2 is 1.04 bits per heavy atom. The predicted octanol–water partition coefficient (Wildman–Crippen LogP) is 6.11. The van der Waals surface area contributed by atoms with Crippen molar-refractivity contribution in [1.82, 2.24) is 0 Å². The van der Waals surface area contributed by atoms with Gasteiger partial charge < -0.3 is 19.1 Å². The summed E-state index contributed by atoms with van der Waals surface area (Å²) in [7, 11) is 5.11. The van der Waals surface area contributed by atoms with E-state index in [1.165, 1.54) is 15.5 Å². The van der Waals surface area contributed by atoms with Gasteiger partial charge in [-0.3, -0.25) is 0 Å². The number of rotatable bonds is 3. The lowest BCUT2D eigenvalue weighted by Crippen LogP contribution is -2.19. The van der Waals surface area contributed by atoms with E-state index in [2.05, 4.69) is 41.3 Å². The molecule has 27 heavy (non-hydrogen) atoms. The highest BCUT2D eigenvalue weighted by molar-refractivity contribution is 8.00. The first kappa shape index (κ1) is 16.7. The van der Waals surface area contributed by atoms with Crippen molar-refractivity contribution >= 4 is 40.6 Å². The molecule has 0 spiro atoms. The van der Waals surface area contributed by atoms with Gasteiger partial charge in [-0.05, 0) is 48.5 Å². The molecular formula is C21H17NO3S2. The summed E-state index contributed by atoms with van der Waals surface area (Å²) in [4.78, 5) is 7.02. The Balaban J connectivity index is 1.78. The van der Waals surface area contributed by atoms with Crippen molar-refractivity contribution in [1.29, 1.82) is 0 Å². The van der Waals surface area contributed by atoms with E-state index in [4.69, 9.17) is 14.2 Å². The lowest BCUT2D eigenvalue weighted by atomic mass is 10.1. The fourth-order valence-electron chi connectivity index (χ4n) is 3.44. The average molecular weight is 396 g/mol. The van der Waals surface area contributed by atoms with Crippen LogP contribution in [0.4, 0.5) is 17.1 Å². The van der Waals surface area contributed by atoms with E-state index in [0.717, 1.165) is 38.4 Å². The van der Waals surface area contributed by atoms with Gasteiger partial charge >= 0.3 is 0 Å². The van der Waals surface area contributed by atoms with Crippen LogP contribution in [0.5, 0.6) is 17.2 Å². The Hall–Kier alpha value is -2.44. The first-order valence-corrected chi connectivity index (χ1v) is 10.1. The molecule has 0 fully saturated rings. The molecule has 0 saturated carbocycles. The SMILES string of the molecule is COc1ccc2c(c1)Sc1cc(OC)cc3c1N2c1ccc(OC)cc1S3. The predicted molar refractivity (Wildman–Crippen MR) is 109 cm³/mol. The highest BCUT2D eigenvalue weighted by Gasteiger charge is 2.33. The minimum absolute atomic E-state index is 0.856. The monoisotopic (exact) mass is 395 g/mol. The van der Waals surface area contributed by atoms with E-state index in [-0.39, 0.29) is 0 Å². The number of benzene rings is 3. The first-order chi connectivity index (χ1) is 13.2. The lowest BCUT2D eigenvalue weighted by Gasteiger charge is -2.38. The second-order valence-electron chi connectivity index (χ2n) is 6.18. The maximum atomic E-state index is 5.55. The Kier molecular flexibility index (Phi) is 3.91. The third kappa shape index (κ3) is 2.55. The molecule has 0 unspecified atom stereocenters. The number of hydrogen-bond donors (Lipinski definition) is 0. The maximum absolute atomic E-state index is 5.55. The van der Waals surface area contributed by atoms with Crippen LogP contribution in [0, 0.1) is 0 Å². The van der Waals surface area contributed by atoms with Gasteiger partial charge in [0.25, 0.3) is 0 Å². The molecule has 0 amide bonds. The molecular weight excluding hydrogens is 378 g/mol. The summed E-state index contributed by atoms with van der Waals surface area (Å²) in [5.74, 6) is 2.57. The van der Waals surface area contributed by atoms with Crippen molar-refractivity contribution in [3.05, 3.63) is 48.5 Å². The van der Waals surface area contributed by atoms with Gasteiger partial charge in [0, 0.05) is 19.6 Å². The van der Waals surface area contributed by atoms with Gasteiger partial charge in [0.05, 0.1) is 38.4 Å². The third-order valence-corrected chi connectivity index (χ3v) is 6.88. The van der Waals surface area contributed by atoms with Crippen LogP contribution in [0.2, 0.25) is 0 Å². The minimum atomic E-state index is 0.856. The molecule has 6 heteroatoms. The van der Waals surface area contributed by atoms with Crippen LogP contribution < -0.4 is 19.1 Å².